The van der Waals surface area contributed by atoms with Crippen molar-refractivity contribution in [1.82, 2.24) is 34.7 Å². The number of aromatic hydroxyl groups is 1. The molecule has 5 rings (SSSR count). The molecule has 13 nitrogen and oxygen atoms in total. The number of thiazole rings is 1. The van der Waals surface area contributed by atoms with Gasteiger partial charge in [0.25, 0.3) is 17.0 Å². The van der Waals surface area contributed by atoms with Crippen molar-refractivity contribution in [3.63, 3.8) is 0 Å². The second-order valence-electron chi connectivity index (χ2n) is 8.22. The number of azo groups is 1. The van der Waals surface area contributed by atoms with Crippen LogP contribution < -0.4 is 10.1 Å². The lowest BCUT2D eigenvalue weighted by Gasteiger charge is -2.14. The third-order valence-electron chi connectivity index (χ3n) is 5.25. The second-order valence-corrected chi connectivity index (χ2v) is 9.08. The molecule has 0 saturated carbocycles. The summed E-state index contributed by atoms with van der Waals surface area (Å²) in [6, 6.07) is 11.5. The largest absolute Gasteiger partial charge is 0.491 e. The number of nitrogens with zero attached hydrogens (tertiary/aromatic N) is 9. The zero-order chi connectivity index (χ0) is 27.2. The summed E-state index contributed by atoms with van der Waals surface area (Å²) in [4.78, 5) is 21.7. The van der Waals surface area contributed by atoms with E-state index in [4.69, 9.17) is 9.47 Å². The van der Waals surface area contributed by atoms with Gasteiger partial charge in [0.2, 0.25) is 17.5 Å². The van der Waals surface area contributed by atoms with E-state index in [1.165, 1.54) is 11.3 Å². The van der Waals surface area contributed by atoms with Crippen LogP contribution in [0.5, 0.6) is 17.0 Å². The maximum absolute atomic E-state index is 10.7. The lowest BCUT2D eigenvalue weighted by atomic mass is 10.2. The maximum Gasteiger partial charge on any atom is 0.288 e. The summed E-state index contributed by atoms with van der Waals surface area (Å²) in [6.45, 7) is 6.09. The topological polar surface area (TPSA) is 158 Å². The highest BCUT2D eigenvalue weighted by molar-refractivity contribution is 7.11. The van der Waals surface area contributed by atoms with Gasteiger partial charge in [0.1, 0.15) is 5.82 Å². The Kier molecular flexibility index (Phi) is 7.75. The molecular weight excluding hydrogens is 520 g/mol. The Labute approximate surface area is 227 Å². The molecule has 4 heterocycles. The Balaban J connectivity index is 1.49. The standard InChI is InChI=1S/C25H24N10O3S/c1-4-7-18-29-24(34-35(18)19-11-10-16-8-5-6-9-17(16)28-19)33-32-20-21(36)30-23(27-15(2)14-37-3)31-22(20)38-25-26-12-13-39-25/h4-6,8-13,15H,1,7,14H2,2-3H3,(H2,27,30,31,36). The number of aromatic nitrogens is 7. The number of hydrogen-bond donors (Lipinski definition) is 2. The van der Waals surface area contributed by atoms with Gasteiger partial charge in [-0.3, -0.25) is 0 Å². The van der Waals surface area contributed by atoms with Gasteiger partial charge in [-0.05, 0) is 25.1 Å². The Morgan fingerprint density at radius 2 is 2.03 bits per heavy atom. The molecule has 0 bridgehead atoms. The summed E-state index contributed by atoms with van der Waals surface area (Å²) in [7, 11) is 1.59. The van der Waals surface area contributed by atoms with Crippen molar-refractivity contribution in [1.29, 1.82) is 0 Å². The minimum atomic E-state index is -0.450. The zero-order valence-electron chi connectivity index (χ0n) is 21.1. The average Bonchev–Trinajstić information content (AvgIpc) is 3.58. The van der Waals surface area contributed by atoms with Gasteiger partial charge in [0.15, 0.2) is 5.82 Å². The molecule has 0 fully saturated rings. The number of anilines is 1. The van der Waals surface area contributed by atoms with E-state index in [1.807, 2.05) is 43.3 Å². The molecule has 39 heavy (non-hydrogen) atoms. The summed E-state index contributed by atoms with van der Waals surface area (Å²) >= 11 is 1.25. The number of benzene rings is 1. The summed E-state index contributed by atoms with van der Waals surface area (Å²) < 4.78 is 12.5. The van der Waals surface area contributed by atoms with E-state index in [2.05, 4.69) is 52.1 Å². The van der Waals surface area contributed by atoms with Crippen molar-refractivity contribution < 1.29 is 14.6 Å². The minimum absolute atomic E-state index is 0.0392. The van der Waals surface area contributed by atoms with Crippen LogP contribution in [0, 0.1) is 0 Å². The van der Waals surface area contributed by atoms with Crippen LogP contribution in [-0.4, -0.2) is 59.6 Å². The van der Waals surface area contributed by atoms with Gasteiger partial charge < -0.3 is 19.9 Å². The Morgan fingerprint density at radius 3 is 2.82 bits per heavy atom. The van der Waals surface area contributed by atoms with Crippen LogP contribution in [0.25, 0.3) is 16.7 Å². The fourth-order valence-electron chi connectivity index (χ4n) is 3.59. The first-order valence-electron chi connectivity index (χ1n) is 11.8. The quantitative estimate of drug-likeness (QED) is 0.168. The summed E-state index contributed by atoms with van der Waals surface area (Å²) in [5.41, 5.74) is 0.707. The lowest BCUT2D eigenvalue weighted by molar-refractivity contribution is 0.190. The summed E-state index contributed by atoms with van der Waals surface area (Å²) in [5, 5.41) is 29.5. The molecule has 1 aromatic carbocycles. The van der Waals surface area contributed by atoms with Crippen molar-refractivity contribution >= 4 is 39.8 Å². The molecule has 0 aliphatic heterocycles. The predicted molar refractivity (Wildman–Crippen MR) is 146 cm³/mol. The van der Waals surface area contributed by atoms with E-state index in [9.17, 15) is 5.11 Å². The molecule has 1 atom stereocenters. The Hall–Kier alpha value is -4.82. The Bertz CT molecular complexity index is 1620. The van der Waals surface area contributed by atoms with Crippen molar-refractivity contribution in [2.24, 2.45) is 10.2 Å². The van der Waals surface area contributed by atoms with Crippen LogP contribution in [0.1, 0.15) is 12.7 Å². The fraction of sp³-hybridized carbons (Fsp3) is 0.200. The number of methoxy groups -OCH3 is 1. The second kappa shape index (κ2) is 11.7. The van der Waals surface area contributed by atoms with Crippen LogP contribution in [-0.2, 0) is 11.2 Å². The fourth-order valence-corrected chi connectivity index (χ4v) is 4.08. The van der Waals surface area contributed by atoms with Crippen LogP contribution in [0.4, 0.5) is 17.6 Å². The molecule has 0 amide bonds. The first kappa shape index (κ1) is 25.8. The SMILES string of the molecule is C=CCc1nc(N=Nc2c(O)nc(NC(C)COC)nc2Oc2nccs2)nn1-c1ccc2ccccc2n1. The number of hydrogen-bond acceptors (Lipinski definition) is 13. The summed E-state index contributed by atoms with van der Waals surface area (Å²) in [6.07, 6.45) is 3.71. The molecule has 0 aliphatic rings. The van der Waals surface area contributed by atoms with Gasteiger partial charge in [0, 0.05) is 36.5 Å². The van der Waals surface area contributed by atoms with E-state index in [0.717, 1.165) is 10.9 Å². The third-order valence-corrected chi connectivity index (χ3v) is 5.90. The number of allylic oxidation sites excluding steroid dienone is 1. The van der Waals surface area contributed by atoms with Crippen molar-refractivity contribution in [3.05, 3.63) is 66.5 Å². The van der Waals surface area contributed by atoms with Crippen molar-refractivity contribution in [3.8, 4) is 22.8 Å². The van der Waals surface area contributed by atoms with E-state index in [1.54, 1.807) is 29.4 Å². The first-order valence-corrected chi connectivity index (χ1v) is 12.7. The molecule has 2 N–H and O–H groups in total. The number of ether oxygens (including phenoxy) is 2. The van der Waals surface area contributed by atoms with Gasteiger partial charge >= 0.3 is 0 Å². The van der Waals surface area contributed by atoms with Gasteiger partial charge in [-0.15, -0.1) is 21.9 Å². The maximum atomic E-state index is 10.7. The lowest BCUT2D eigenvalue weighted by Crippen LogP contribution is -2.22. The van der Waals surface area contributed by atoms with Gasteiger partial charge in [0.05, 0.1) is 12.1 Å². The number of fused-ring (bicyclic) bond motifs is 1. The van der Waals surface area contributed by atoms with E-state index in [0.29, 0.717) is 29.9 Å². The molecule has 0 radical (unpaired) electrons. The highest BCUT2D eigenvalue weighted by atomic mass is 32.1. The normalized spacial score (nSPS) is 12.2. The number of para-hydroxylation sites is 1. The Morgan fingerprint density at radius 1 is 1.15 bits per heavy atom. The van der Waals surface area contributed by atoms with Crippen LogP contribution in [0.15, 0.2) is 70.9 Å². The smallest absolute Gasteiger partial charge is 0.288 e. The van der Waals surface area contributed by atoms with E-state index in [-0.39, 0.29) is 29.5 Å². The van der Waals surface area contributed by atoms with Crippen LogP contribution in [0.2, 0.25) is 0 Å². The molecule has 0 spiro atoms. The third kappa shape index (κ3) is 6.02. The minimum Gasteiger partial charge on any atom is -0.491 e. The van der Waals surface area contributed by atoms with E-state index >= 15 is 0 Å². The molecule has 5 aromatic rings. The number of pyridine rings is 1. The molecule has 0 aliphatic carbocycles. The van der Waals surface area contributed by atoms with Gasteiger partial charge in [-0.1, -0.05) is 35.6 Å². The molecule has 4 aromatic heterocycles. The van der Waals surface area contributed by atoms with Crippen molar-refractivity contribution in [2.75, 3.05) is 19.0 Å². The molecule has 198 valence electrons. The van der Waals surface area contributed by atoms with Crippen molar-refractivity contribution in [2.45, 2.75) is 19.4 Å². The average molecular weight is 545 g/mol. The van der Waals surface area contributed by atoms with Crippen LogP contribution in [0.3, 0.4) is 0 Å². The monoisotopic (exact) mass is 544 g/mol. The van der Waals surface area contributed by atoms with E-state index < -0.39 is 5.88 Å². The van der Waals surface area contributed by atoms with Gasteiger partial charge in [-0.2, -0.15) is 19.6 Å². The summed E-state index contributed by atoms with van der Waals surface area (Å²) in [5.74, 6) is 0.801. The number of rotatable bonds is 11. The van der Waals surface area contributed by atoms with Gasteiger partial charge in [-0.25, -0.2) is 9.97 Å². The van der Waals surface area contributed by atoms with Crippen LogP contribution >= 0.6 is 11.3 Å². The zero-order valence-corrected chi connectivity index (χ0v) is 21.9. The highest BCUT2D eigenvalue weighted by Crippen LogP contribution is 2.38. The molecule has 0 saturated heterocycles. The highest BCUT2D eigenvalue weighted by Gasteiger charge is 2.19. The number of nitrogens with one attached hydrogen (secondary N) is 1. The molecule has 14 heteroatoms. The molecule has 1 unspecified atom stereocenters. The predicted octanol–water partition coefficient (Wildman–Crippen LogP) is 5.15. The first-order chi connectivity index (χ1) is 19.0. The molecular formula is C25H24N10O3S.